The molecule has 0 unspecified atom stereocenters. The van der Waals surface area contributed by atoms with Gasteiger partial charge in [-0.25, -0.2) is 0 Å². The summed E-state index contributed by atoms with van der Waals surface area (Å²) in [6.07, 6.45) is 9.09. The van der Waals surface area contributed by atoms with E-state index in [2.05, 4.69) is 5.32 Å². The molecule has 1 aromatic rings. The van der Waals surface area contributed by atoms with Gasteiger partial charge < -0.3 is 10.4 Å². The average Bonchev–Trinajstić information content (AvgIpc) is 2.61. The zero-order valence-electron chi connectivity index (χ0n) is 13.9. The number of non-ortho nitro benzene ring substituents is 1. The Morgan fingerprint density at radius 3 is 2.48 bits per heavy atom. The predicted molar refractivity (Wildman–Crippen MR) is 94.8 cm³/mol. The fourth-order valence-electron chi connectivity index (χ4n) is 1.99. The summed E-state index contributed by atoms with van der Waals surface area (Å²) in [5.41, 5.74) is 0.834. The van der Waals surface area contributed by atoms with E-state index in [1.54, 1.807) is 30.4 Å². The van der Waals surface area contributed by atoms with Gasteiger partial charge in [0.05, 0.1) is 4.92 Å². The molecular weight excluding hydrogens is 324 g/mol. The van der Waals surface area contributed by atoms with Crippen molar-refractivity contribution in [2.75, 3.05) is 13.2 Å². The quantitative estimate of drug-likeness (QED) is 0.210. The van der Waals surface area contributed by atoms with Gasteiger partial charge in [0.15, 0.2) is 5.78 Å². The van der Waals surface area contributed by atoms with E-state index in [1.807, 2.05) is 0 Å². The van der Waals surface area contributed by atoms with Crippen LogP contribution in [0.15, 0.2) is 42.5 Å². The Balaban J connectivity index is 2.21. The Morgan fingerprint density at radius 1 is 1.12 bits per heavy atom. The number of hydrogen-bond donors (Lipinski definition) is 2. The van der Waals surface area contributed by atoms with E-state index in [0.717, 1.165) is 18.4 Å². The molecule has 0 fully saturated rings. The van der Waals surface area contributed by atoms with Crippen molar-refractivity contribution in [1.82, 2.24) is 5.32 Å². The summed E-state index contributed by atoms with van der Waals surface area (Å²) >= 11 is 0. The zero-order chi connectivity index (χ0) is 18.5. The molecule has 0 saturated carbocycles. The van der Waals surface area contributed by atoms with E-state index in [1.165, 1.54) is 18.2 Å². The molecule has 0 aliphatic heterocycles. The number of allylic oxidation sites excluding steroid dienone is 2. The number of ketones is 1. The van der Waals surface area contributed by atoms with Gasteiger partial charge in [0.25, 0.3) is 5.69 Å². The minimum atomic E-state index is -0.456. The van der Waals surface area contributed by atoms with Crippen LogP contribution in [0, 0.1) is 10.1 Å². The Morgan fingerprint density at radius 2 is 1.84 bits per heavy atom. The van der Waals surface area contributed by atoms with E-state index in [-0.39, 0.29) is 17.4 Å². The molecule has 0 saturated heterocycles. The molecule has 0 aliphatic carbocycles. The van der Waals surface area contributed by atoms with Crippen molar-refractivity contribution < 1.29 is 19.6 Å². The van der Waals surface area contributed by atoms with E-state index in [0.29, 0.717) is 19.4 Å². The van der Waals surface area contributed by atoms with Gasteiger partial charge in [-0.3, -0.25) is 19.7 Å². The van der Waals surface area contributed by atoms with Gasteiger partial charge in [0.1, 0.15) is 6.61 Å². The van der Waals surface area contributed by atoms with Crippen molar-refractivity contribution >= 4 is 23.5 Å². The number of amides is 1. The Labute approximate surface area is 146 Å². The van der Waals surface area contributed by atoms with Crippen molar-refractivity contribution in [3.8, 4) is 0 Å². The summed E-state index contributed by atoms with van der Waals surface area (Å²) in [5.74, 6) is -0.369. The monoisotopic (exact) mass is 346 g/mol. The molecule has 1 aromatic carbocycles. The minimum Gasteiger partial charge on any atom is -0.389 e. The van der Waals surface area contributed by atoms with Crippen molar-refractivity contribution in [3.05, 3.63) is 58.2 Å². The smallest absolute Gasteiger partial charge is 0.269 e. The number of aliphatic hydroxyl groups excluding tert-OH is 1. The number of aliphatic hydroxyl groups is 1. The molecule has 7 nitrogen and oxygen atoms in total. The number of benzene rings is 1. The number of carbonyl (C=O) groups is 2. The summed E-state index contributed by atoms with van der Waals surface area (Å²) in [6.45, 7) is 0.122. The van der Waals surface area contributed by atoms with E-state index < -0.39 is 11.5 Å². The second-order valence-corrected chi connectivity index (χ2v) is 5.37. The Hall–Kier alpha value is -2.80. The van der Waals surface area contributed by atoms with Crippen molar-refractivity contribution in [3.63, 3.8) is 0 Å². The summed E-state index contributed by atoms with van der Waals surface area (Å²) in [4.78, 5) is 32.5. The number of Topliss-reactive ketones (excluding diaryl/α,β-unsaturated/α-hetero) is 1. The number of rotatable bonds is 11. The van der Waals surface area contributed by atoms with Crippen LogP contribution in [0.2, 0.25) is 0 Å². The Kier molecular flexibility index (Phi) is 9.47. The van der Waals surface area contributed by atoms with Crippen LogP contribution in [-0.2, 0) is 9.59 Å². The number of nitrogens with zero attached hydrogens (tertiary/aromatic N) is 1. The molecule has 0 atom stereocenters. The number of carbonyl (C=O) groups excluding carboxylic acids is 2. The lowest BCUT2D eigenvalue weighted by molar-refractivity contribution is -0.384. The van der Waals surface area contributed by atoms with Crippen LogP contribution in [0.3, 0.4) is 0 Å². The standard InChI is InChI=1S/C18H22N2O5/c21-14-17(22)7-2-1-5-13-19-18(23)8-4-3-6-15-9-11-16(12-10-15)20(24)25/h3-4,6,8-12,21H,1-2,5,7,13-14H2,(H,19,23)/b6-3+,8-4+. The molecule has 0 radical (unpaired) electrons. The molecule has 134 valence electrons. The SMILES string of the molecule is O=C(CO)CCCCCNC(=O)/C=C/C=C/c1ccc([N+](=O)[O-])cc1. The van der Waals surface area contributed by atoms with Crippen molar-refractivity contribution in [1.29, 1.82) is 0 Å². The zero-order valence-corrected chi connectivity index (χ0v) is 13.9. The van der Waals surface area contributed by atoms with Crippen LogP contribution in [0.25, 0.3) is 6.08 Å². The van der Waals surface area contributed by atoms with E-state index >= 15 is 0 Å². The number of hydrogen-bond acceptors (Lipinski definition) is 5. The molecule has 0 bridgehead atoms. The maximum absolute atomic E-state index is 11.6. The molecular formula is C18H22N2O5. The normalized spacial score (nSPS) is 11.1. The van der Waals surface area contributed by atoms with Gasteiger partial charge in [-0.05, 0) is 30.5 Å². The average molecular weight is 346 g/mol. The lowest BCUT2D eigenvalue weighted by atomic mass is 10.1. The van der Waals surface area contributed by atoms with Crippen LogP contribution in [0.4, 0.5) is 5.69 Å². The third-order valence-electron chi connectivity index (χ3n) is 3.36. The van der Waals surface area contributed by atoms with Crippen LogP contribution >= 0.6 is 0 Å². The van der Waals surface area contributed by atoms with Crippen molar-refractivity contribution in [2.45, 2.75) is 25.7 Å². The molecule has 0 aliphatic rings. The largest absolute Gasteiger partial charge is 0.389 e. The highest BCUT2D eigenvalue weighted by Gasteiger charge is 2.02. The predicted octanol–water partition coefficient (Wildman–Crippen LogP) is 2.40. The van der Waals surface area contributed by atoms with Crippen molar-refractivity contribution in [2.24, 2.45) is 0 Å². The summed E-state index contributed by atoms with van der Waals surface area (Å²) < 4.78 is 0. The first-order valence-corrected chi connectivity index (χ1v) is 8.02. The van der Waals surface area contributed by atoms with Gasteiger partial charge in [0.2, 0.25) is 5.91 Å². The highest BCUT2D eigenvalue weighted by molar-refractivity contribution is 5.87. The summed E-state index contributed by atoms with van der Waals surface area (Å²) in [6, 6.07) is 6.10. The molecule has 0 aromatic heterocycles. The molecule has 0 spiro atoms. The van der Waals surface area contributed by atoms with Gasteiger partial charge >= 0.3 is 0 Å². The second kappa shape index (κ2) is 11.7. The highest BCUT2D eigenvalue weighted by Crippen LogP contribution is 2.12. The van der Waals surface area contributed by atoms with Gasteiger partial charge in [0, 0.05) is 31.2 Å². The van der Waals surface area contributed by atoms with E-state index in [9.17, 15) is 19.7 Å². The molecule has 7 heteroatoms. The topological polar surface area (TPSA) is 110 Å². The van der Waals surface area contributed by atoms with Gasteiger partial charge in [-0.1, -0.05) is 24.6 Å². The fraction of sp³-hybridized carbons (Fsp3) is 0.333. The molecule has 1 amide bonds. The highest BCUT2D eigenvalue weighted by atomic mass is 16.6. The first-order valence-electron chi connectivity index (χ1n) is 8.02. The van der Waals surface area contributed by atoms with Gasteiger partial charge in [-0.2, -0.15) is 0 Å². The van der Waals surface area contributed by atoms with Crippen LogP contribution in [0.1, 0.15) is 31.2 Å². The van der Waals surface area contributed by atoms with Crippen LogP contribution in [0.5, 0.6) is 0 Å². The minimum absolute atomic E-state index is 0.0350. The number of nitro groups is 1. The first-order chi connectivity index (χ1) is 12.0. The molecule has 1 rings (SSSR count). The molecule has 0 heterocycles. The van der Waals surface area contributed by atoms with Crippen LogP contribution < -0.4 is 5.32 Å². The lowest BCUT2D eigenvalue weighted by Crippen LogP contribution is -2.22. The van der Waals surface area contributed by atoms with E-state index in [4.69, 9.17) is 5.11 Å². The number of nitrogens with one attached hydrogen (secondary N) is 1. The molecule has 25 heavy (non-hydrogen) atoms. The number of nitro benzene ring substituents is 1. The third-order valence-corrected chi connectivity index (χ3v) is 3.36. The fourth-order valence-corrected chi connectivity index (χ4v) is 1.99. The first kappa shape index (κ1) is 20.2. The van der Waals surface area contributed by atoms with Gasteiger partial charge in [-0.15, -0.1) is 0 Å². The van der Waals surface area contributed by atoms with Crippen LogP contribution in [-0.4, -0.2) is 34.9 Å². The third kappa shape index (κ3) is 9.17. The second-order valence-electron chi connectivity index (χ2n) is 5.37. The number of unbranched alkanes of at least 4 members (excludes halogenated alkanes) is 2. The molecule has 2 N–H and O–H groups in total. The maximum atomic E-state index is 11.6. The summed E-state index contributed by atoms with van der Waals surface area (Å²) in [5, 5.41) is 21.9. The lowest BCUT2D eigenvalue weighted by Gasteiger charge is -2.01. The maximum Gasteiger partial charge on any atom is 0.269 e. The summed E-state index contributed by atoms with van der Waals surface area (Å²) in [7, 11) is 0. The Bertz CT molecular complexity index is 635.